The number of ether oxygens (including phenoxy) is 2. The normalized spacial score (nSPS) is 14.9. The summed E-state index contributed by atoms with van der Waals surface area (Å²) in [6.07, 6.45) is 3.92. The van der Waals surface area contributed by atoms with E-state index >= 15 is 0 Å². The molecule has 1 fully saturated rings. The van der Waals surface area contributed by atoms with Gasteiger partial charge in [0.25, 0.3) is 0 Å². The third kappa shape index (κ3) is 10.5. The van der Waals surface area contributed by atoms with Crippen LogP contribution in [0.25, 0.3) is 0 Å². The summed E-state index contributed by atoms with van der Waals surface area (Å²) in [6.45, 7) is 14.2. The van der Waals surface area contributed by atoms with Crippen molar-refractivity contribution in [2.45, 2.75) is 71.9 Å². The lowest BCUT2D eigenvalue weighted by molar-refractivity contribution is 0.0238. The summed E-state index contributed by atoms with van der Waals surface area (Å²) in [5.74, 6) is 0.795. The maximum absolute atomic E-state index is 12.4. The summed E-state index contributed by atoms with van der Waals surface area (Å²) in [5.41, 5.74) is -0.463. The molecule has 0 aromatic carbocycles. The minimum Gasteiger partial charge on any atom is -0.444 e. The molecular formula is C19H38N4O3. The number of hydrogen-bond acceptors (Lipinski definition) is 4. The molecular weight excluding hydrogens is 332 g/mol. The molecule has 0 saturated heterocycles. The predicted octanol–water partition coefficient (Wildman–Crippen LogP) is 2.76. The Kier molecular flexibility index (Phi) is 10.4. The average Bonchev–Trinajstić information content (AvgIpc) is 3.37. The molecule has 0 bridgehead atoms. The fourth-order valence-corrected chi connectivity index (χ4v) is 2.42. The Hall–Kier alpha value is -1.50. The van der Waals surface area contributed by atoms with E-state index in [-0.39, 0.29) is 6.09 Å². The summed E-state index contributed by atoms with van der Waals surface area (Å²) >= 11 is 0. The van der Waals surface area contributed by atoms with Crippen LogP contribution in [-0.4, -0.2) is 68.0 Å². The van der Waals surface area contributed by atoms with Gasteiger partial charge in [0, 0.05) is 45.4 Å². The van der Waals surface area contributed by atoms with Gasteiger partial charge in [0.05, 0.1) is 0 Å². The molecule has 0 aromatic heterocycles. The topological polar surface area (TPSA) is 75.2 Å². The first kappa shape index (κ1) is 22.5. The number of aliphatic imine (C=N–C) groups is 1. The number of amides is 1. The maximum Gasteiger partial charge on any atom is 0.410 e. The van der Waals surface area contributed by atoms with E-state index < -0.39 is 5.60 Å². The number of nitrogens with one attached hydrogen (secondary N) is 2. The first-order valence-electron chi connectivity index (χ1n) is 9.97. The van der Waals surface area contributed by atoms with Crippen molar-refractivity contribution < 1.29 is 14.3 Å². The number of hydrogen-bond donors (Lipinski definition) is 2. The second-order valence-corrected chi connectivity index (χ2v) is 7.50. The molecule has 2 N–H and O–H groups in total. The molecule has 1 aliphatic carbocycles. The number of guanidine groups is 1. The van der Waals surface area contributed by atoms with E-state index in [0.29, 0.717) is 19.1 Å². The third-order valence-electron chi connectivity index (χ3n) is 3.78. The smallest absolute Gasteiger partial charge is 0.410 e. The SMILES string of the molecule is CCNC(=NCCCCOCC)NCCN(C(=O)OC(C)(C)C)C1CC1. The first-order chi connectivity index (χ1) is 12.4. The quantitative estimate of drug-likeness (QED) is 0.332. The zero-order valence-corrected chi connectivity index (χ0v) is 17.3. The number of nitrogens with zero attached hydrogens (tertiary/aromatic N) is 2. The molecule has 1 aliphatic rings. The minimum absolute atomic E-state index is 0.223. The van der Waals surface area contributed by atoms with Crippen LogP contribution in [0.5, 0.6) is 0 Å². The predicted molar refractivity (Wildman–Crippen MR) is 106 cm³/mol. The highest BCUT2D eigenvalue weighted by Gasteiger charge is 2.34. The fraction of sp³-hybridized carbons (Fsp3) is 0.895. The van der Waals surface area contributed by atoms with E-state index in [1.807, 2.05) is 39.5 Å². The molecule has 7 heteroatoms. The second-order valence-electron chi connectivity index (χ2n) is 7.50. The van der Waals surface area contributed by atoms with Gasteiger partial charge >= 0.3 is 6.09 Å². The van der Waals surface area contributed by atoms with Crippen LogP contribution in [0.1, 0.15) is 60.3 Å². The summed E-state index contributed by atoms with van der Waals surface area (Å²) in [7, 11) is 0. The highest BCUT2D eigenvalue weighted by atomic mass is 16.6. The van der Waals surface area contributed by atoms with Gasteiger partial charge in [0.2, 0.25) is 0 Å². The van der Waals surface area contributed by atoms with Crippen LogP contribution >= 0.6 is 0 Å². The highest BCUT2D eigenvalue weighted by molar-refractivity contribution is 5.79. The van der Waals surface area contributed by atoms with Gasteiger partial charge in [-0.15, -0.1) is 0 Å². The minimum atomic E-state index is -0.463. The van der Waals surface area contributed by atoms with Crippen LogP contribution < -0.4 is 10.6 Å². The van der Waals surface area contributed by atoms with E-state index in [4.69, 9.17) is 9.47 Å². The van der Waals surface area contributed by atoms with Crippen LogP contribution in [0.3, 0.4) is 0 Å². The molecule has 0 aromatic rings. The lowest BCUT2D eigenvalue weighted by Gasteiger charge is -2.27. The molecule has 7 nitrogen and oxygen atoms in total. The first-order valence-corrected chi connectivity index (χ1v) is 9.97. The number of unbranched alkanes of at least 4 members (excludes halogenated alkanes) is 1. The largest absolute Gasteiger partial charge is 0.444 e. The zero-order valence-electron chi connectivity index (χ0n) is 17.3. The van der Waals surface area contributed by atoms with E-state index in [9.17, 15) is 4.79 Å². The Balaban J connectivity index is 2.37. The van der Waals surface area contributed by atoms with Gasteiger partial charge in [-0.25, -0.2) is 4.79 Å². The van der Waals surface area contributed by atoms with Crippen LogP contribution in [0.2, 0.25) is 0 Å². The van der Waals surface area contributed by atoms with Crippen LogP contribution in [-0.2, 0) is 9.47 Å². The Morgan fingerprint density at radius 3 is 2.50 bits per heavy atom. The fourth-order valence-electron chi connectivity index (χ4n) is 2.42. The Bertz CT molecular complexity index is 431. The lowest BCUT2D eigenvalue weighted by atomic mass is 10.2. The molecule has 26 heavy (non-hydrogen) atoms. The number of carbonyl (C=O) groups is 1. The van der Waals surface area contributed by atoms with E-state index in [0.717, 1.165) is 57.9 Å². The molecule has 0 radical (unpaired) electrons. The average molecular weight is 371 g/mol. The van der Waals surface area contributed by atoms with Gasteiger partial charge in [-0.1, -0.05) is 0 Å². The van der Waals surface area contributed by atoms with Crippen molar-refractivity contribution >= 4 is 12.1 Å². The monoisotopic (exact) mass is 370 g/mol. The molecule has 0 aliphatic heterocycles. The van der Waals surface area contributed by atoms with Crippen molar-refractivity contribution in [3.05, 3.63) is 0 Å². The molecule has 0 atom stereocenters. The van der Waals surface area contributed by atoms with Crippen LogP contribution in [0.15, 0.2) is 4.99 Å². The standard InChI is InChI=1S/C19H38N4O3/c1-6-20-17(21-12-8-9-15-25-7-2)22-13-14-23(16-10-11-16)18(24)26-19(3,4)5/h16H,6-15H2,1-5H3,(H2,20,21,22). The number of rotatable bonds is 11. The number of carbonyl (C=O) groups excluding carboxylic acids is 1. The Labute approximate surface area is 158 Å². The van der Waals surface area contributed by atoms with Gasteiger partial charge in [-0.05, 0) is 60.3 Å². The molecule has 152 valence electrons. The van der Waals surface area contributed by atoms with Gasteiger partial charge < -0.3 is 25.0 Å². The molecule has 1 rings (SSSR count). The zero-order chi connectivity index (χ0) is 19.4. The van der Waals surface area contributed by atoms with Crippen molar-refractivity contribution in [1.29, 1.82) is 0 Å². The molecule has 0 spiro atoms. The van der Waals surface area contributed by atoms with Crippen LogP contribution in [0.4, 0.5) is 4.79 Å². The summed E-state index contributed by atoms with van der Waals surface area (Å²) in [5, 5.41) is 6.56. The van der Waals surface area contributed by atoms with Crippen molar-refractivity contribution in [2.24, 2.45) is 4.99 Å². The molecule has 1 saturated carbocycles. The maximum atomic E-state index is 12.4. The summed E-state index contributed by atoms with van der Waals surface area (Å²) in [6, 6.07) is 0.324. The summed E-state index contributed by atoms with van der Waals surface area (Å²) in [4.78, 5) is 18.8. The van der Waals surface area contributed by atoms with Crippen LogP contribution in [0, 0.1) is 0 Å². The second kappa shape index (κ2) is 12.0. The van der Waals surface area contributed by atoms with Crippen molar-refractivity contribution in [3.63, 3.8) is 0 Å². The van der Waals surface area contributed by atoms with Gasteiger partial charge in [0.1, 0.15) is 5.60 Å². The van der Waals surface area contributed by atoms with Gasteiger partial charge in [0.15, 0.2) is 5.96 Å². The van der Waals surface area contributed by atoms with Crippen molar-refractivity contribution in [2.75, 3.05) is 39.4 Å². The van der Waals surface area contributed by atoms with E-state index in [1.54, 1.807) is 0 Å². The highest BCUT2D eigenvalue weighted by Crippen LogP contribution is 2.27. The van der Waals surface area contributed by atoms with Crippen molar-refractivity contribution in [1.82, 2.24) is 15.5 Å². The van der Waals surface area contributed by atoms with E-state index in [1.165, 1.54) is 0 Å². The molecule has 0 unspecified atom stereocenters. The lowest BCUT2D eigenvalue weighted by Crippen LogP contribution is -2.45. The van der Waals surface area contributed by atoms with Crippen molar-refractivity contribution in [3.8, 4) is 0 Å². The van der Waals surface area contributed by atoms with E-state index in [2.05, 4.69) is 15.6 Å². The Morgan fingerprint density at radius 1 is 1.19 bits per heavy atom. The molecule has 0 heterocycles. The van der Waals surface area contributed by atoms with Gasteiger partial charge in [-0.2, -0.15) is 0 Å². The van der Waals surface area contributed by atoms with Gasteiger partial charge in [-0.3, -0.25) is 4.99 Å². The Morgan fingerprint density at radius 2 is 1.92 bits per heavy atom. The molecule has 1 amide bonds. The summed E-state index contributed by atoms with van der Waals surface area (Å²) < 4.78 is 10.9. The third-order valence-corrected chi connectivity index (χ3v) is 3.78.